The van der Waals surface area contributed by atoms with Crippen molar-refractivity contribution < 1.29 is 0 Å². The van der Waals surface area contributed by atoms with Gasteiger partial charge in [-0.15, -0.1) is 0 Å². The summed E-state index contributed by atoms with van der Waals surface area (Å²) < 4.78 is 0. The summed E-state index contributed by atoms with van der Waals surface area (Å²) in [6.07, 6.45) is 7.36. The molecule has 1 heteroatoms. The summed E-state index contributed by atoms with van der Waals surface area (Å²) in [6, 6.07) is 15.8. The Morgan fingerprint density at radius 3 is 2.35 bits per heavy atom. The summed E-state index contributed by atoms with van der Waals surface area (Å²) >= 11 is 0. The van der Waals surface area contributed by atoms with Crippen molar-refractivity contribution in [2.45, 2.75) is 45.4 Å². The van der Waals surface area contributed by atoms with Crippen molar-refractivity contribution in [3.63, 3.8) is 0 Å². The van der Waals surface area contributed by atoms with Gasteiger partial charge in [-0.3, -0.25) is 4.98 Å². The standard InChI is InChI=1S/C22H23N/c1-15-11-16(2)13-20(12-15)22-21-14-19(17-5-3-4-6-17)8-7-18(21)9-10-23-22/h7-14,17H,3-6H2,1-2H3. The Kier molecular flexibility index (Phi) is 3.65. The maximum Gasteiger partial charge on any atom is 0.0780 e. The van der Waals surface area contributed by atoms with Gasteiger partial charge in [0.25, 0.3) is 0 Å². The van der Waals surface area contributed by atoms with Gasteiger partial charge in [0, 0.05) is 17.1 Å². The van der Waals surface area contributed by atoms with Crippen LogP contribution < -0.4 is 0 Å². The van der Waals surface area contributed by atoms with Gasteiger partial charge in [-0.05, 0) is 67.8 Å². The smallest absolute Gasteiger partial charge is 0.0780 e. The molecule has 1 fully saturated rings. The molecule has 0 saturated heterocycles. The van der Waals surface area contributed by atoms with E-state index in [1.807, 2.05) is 6.20 Å². The highest BCUT2D eigenvalue weighted by atomic mass is 14.7. The van der Waals surface area contributed by atoms with Crippen molar-refractivity contribution in [2.75, 3.05) is 0 Å². The predicted molar refractivity (Wildman–Crippen MR) is 97.9 cm³/mol. The van der Waals surface area contributed by atoms with Gasteiger partial charge >= 0.3 is 0 Å². The summed E-state index contributed by atoms with van der Waals surface area (Å²) in [4.78, 5) is 4.73. The van der Waals surface area contributed by atoms with Crippen LogP contribution in [0.3, 0.4) is 0 Å². The van der Waals surface area contributed by atoms with Gasteiger partial charge in [-0.1, -0.05) is 42.2 Å². The van der Waals surface area contributed by atoms with Gasteiger partial charge in [0.2, 0.25) is 0 Å². The Morgan fingerprint density at radius 2 is 1.61 bits per heavy atom. The van der Waals surface area contributed by atoms with Crippen LogP contribution in [0.5, 0.6) is 0 Å². The van der Waals surface area contributed by atoms with Crippen molar-refractivity contribution in [2.24, 2.45) is 0 Å². The van der Waals surface area contributed by atoms with E-state index < -0.39 is 0 Å². The van der Waals surface area contributed by atoms with Crippen molar-refractivity contribution in [3.05, 3.63) is 65.4 Å². The quantitative estimate of drug-likeness (QED) is 0.551. The van der Waals surface area contributed by atoms with Crippen LogP contribution in [0.2, 0.25) is 0 Å². The third-order valence-electron chi connectivity index (χ3n) is 5.11. The molecule has 0 radical (unpaired) electrons. The minimum absolute atomic E-state index is 0.742. The molecule has 1 nitrogen and oxygen atoms in total. The summed E-state index contributed by atoms with van der Waals surface area (Å²) in [5.74, 6) is 0.742. The first-order valence-electron chi connectivity index (χ1n) is 8.68. The molecular formula is C22H23N. The number of fused-ring (bicyclic) bond motifs is 1. The van der Waals surface area contributed by atoms with E-state index in [-0.39, 0.29) is 0 Å². The number of rotatable bonds is 2. The van der Waals surface area contributed by atoms with Crippen LogP contribution in [0.15, 0.2) is 48.7 Å². The molecule has 23 heavy (non-hydrogen) atoms. The average molecular weight is 301 g/mol. The molecular weight excluding hydrogens is 278 g/mol. The van der Waals surface area contributed by atoms with Gasteiger partial charge in [0.05, 0.1) is 5.69 Å². The van der Waals surface area contributed by atoms with Crippen molar-refractivity contribution >= 4 is 10.8 Å². The van der Waals surface area contributed by atoms with E-state index in [4.69, 9.17) is 4.98 Å². The van der Waals surface area contributed by atoms with E-state index in [1.54, 1.807) is 0 Å². The fourth-order valence-electron chi connectivity index (χ4n) is 4.04. The van der Waals surface area contributed by atoms with Gasteiger partial charge in [0.1, 0.15) is 0 Å². The second kappa shape index (κ2) is 5.81. The van der Waals surface area contributed by atoms with E-state index in [0.717, 1.165) is 11.6 Å². The number of hydrogen-bond donors (Lipinski definition) is 0. The van der Waals surface area contributed by atoms with Crippen LogP contribution in [-0.2, 0) is 0 Å². The lowest BCUT2D eigenvalue weighted by Gasteiger charge is -2.13. The maximum absolute atomic E-state index is 4.73. The van der Waals surface area contributed by atoms with Crippen LogP contribution in [0, 0.1) is 13.8 Å². The van der Waals surface area contributed by atoms with E-state index in [1.165, 1.54) is 58.7 Å². The molecule has 0 N–H and O–H groups in total. The van der Waals surface area contributed by atoms with Crippen molar-refractivity contribution in [1.82, 2.24) is 4.98 Å². The molecule has 0 unspecified atom stereocenters. The first-order chi connectivity index (χ1) is 11.2. The van der Waals surface area contributed by atoms with E-state index in [2.05, 4.69) is 56.3 Å². The molecule has 2 aromatic carbocycles. The Labute approximate surface area is 138 Å². The minimum atomic E-state index is 0.742. The van der Waals surface area contributed by atoms with Gasteiger partial charge in [-0.2, -0.15) is 0 Å². The van der Waals surface area contributed by atoms with Gasteiger partial charge in [-0.25, -0.2) is 0 Å². The Hall–Kier alpha value is -2.15. The Bertz CT molecular complexity index is 837. The monoisotopic (exact) mass is 301 g/mol. The normalized spacial score (nSPS) is 15.4. The van der Waals surface area contributed by atoms with Crippen molar-refractivity contribution in [1.29, 1.82) is 0 Å². The number of aromatic nitrogens is 1. The summed E-state index contributed by atoms with van der Waals surface area (Å²) in [5, 5.41) is 2.58. The second-order valence-corrected chi connectivity index (χ2v) is 7.00. The first kappa shape index (κ1) is 14.4. The molecule has 4 rings (SSSR count). The molecule has 0 spiro atoms. The van der Waals surface area contributed by atoms with Gasteiger partial charge < -0.3 is 0 Å². The van der Waals surface area contributed by atoms with Crippen molar-refractivity contribution in [3.8, 4) is 11.3 Å². The molecule has 0 atom stereocenters. The van der Waals surface area contributed by atoms with Crippen LogP contribution >= 0.6 is 0 Å². The highest BCUT2D eigenvalue weighted by molar-refractivity contribution is 5.95. The number of hydrogen-bond acceptors (Lipinski definition) is 1. The third-order valence-corrected chi connectivity index (χ3v) is 5.11. The molecule has 0 amide bonds. The summed E-state index contributed by atoms with van der Waals surface area (Å²) in [7, 11) is 0. The van der Waals surface area contributed by atoms with Gasteiger partial charge in [0.15, 0.2) is 0 Å². The molecule has 0 aliphatic heterocycles. The molecule has 3 aromatic rings. The minimum Gasteiger partial charge on any atom is -0.256 e. The number of aryl methyl sites for hydroxylation is 2. The highest BCUT2D eigenvalue weighted by Gasteiger charge is 2.18. The third kappa shape index (κ3) is 2.76. The lowest BCUT2D eigenvalue weighted by Crippen LogP contribution is -1.94. The molecule has 0 bridgehead atoms. The van der Waals surface area contributed by atoms with Crippen LogP contribution in [0.4, 0.5) is 0 Å². The topological polar surface area (TPSA) is 12.9 Å². The van der Waals surface area contributed by atoms with Crippen LogP contribution in [0.1, 0.15) is 48.3 Å². The van der Waals surface area contributed by atoms with Crippen LogP contribution in [-0.4, -0.2) is 4.98 Å². The zero-order chi connectivity index (χ0) is 15.8. The predicted octanol–water partition coefficient (Wildman–Crippen LogP) is 6.18. The zero-order valence-electron chi connectivity index (χ0n) is 14.0. The first-order valence-corrected chi connectivity index (χ1v) is 8.68. The maximum atomic E-state index is 4.73. The highest BCUT2D eigenvalue weighted by Crippen LogP contribution is 2.37. The number of nitrogens with zero attached hydrogens (tertiary/aromatic N) is 1. The fourth-order valence-corrected chi connectivity index (χ4v) is 4.04. The molecule has 1 saturated carbocycles. The van der Waals surface area contributed by atoms with Crippen LogP contribution in [0.25, 0.3) is 22.0 Å². The number of benzene rings is 2. The summed E-state index contributed by atoms with van der Waals surface area (Å²) in [6.45, 7) is 4.32. The lowest BCUT2D eigenvalue weighted by atomic mass is 9.93. The molecule has 116 valence electrons. The Morgan fingerprint density at radius 1 is 0.870 bits per heavy atom. The largest absolute Gasteiger partial charge is 0.256 e. The van der Waals surface area contributed by atoms with E-state index in [9.17, 15) is 0 Å². The second-order valence-electron chi connectivity index (χ2n) is 7.00. The average Bonchev–Trinajstić information content (AvgIpc) is 3.07. The molecule has 1 aromatic heterocycles. The summed E-state index contributed by atoms with van der Waals surface area (Å²) in [5.41, 5.74) is 6.44. The number of pyridine rings is 1. The zero-order valence-corrected chi connectivity index (χ0v) is 14.0. The van der Waals surface area contributed by atoms with E-state index in [0.29, 0.717) is 0 Å². The van der Waals surface area contributed by atoms with E-state index >= 15 is 0 Å². The fraction of sp³-hybridized carbons (Fsp3) is 0.318. The molecule has 1 aliphatic rings. The molecule has 1 aliphatic carbocycles. The Balaban J connectivity index is 1.89. The molecule has 1 heterocycles. The lowest BCUT2D eigenvalue weighted by molar-refractivity contribution is 0.724. The SMILES string of the molecule is Cc1cc(C)cc(-c2nccc3ccc(C4CCCC4)cc23)c1.